The summed E-state index contributed by atoms with van der Waals surface area (Å²) in [5, 5.41) is 0. The van der Waals surface area contributed by atoms with Crippen LogP contribution in [0.25, 0.3) is 11.0 Å². The Morgan fingerprint density at radius 3 is 2.88 bits per heavy atom. The molecule has 1 aromatic heterocycles. The lowest BCUT2D eigenvalue weighted by Crippen LogP contribution is -2.45. The van der Waals surface area contributed by atoms with Gasteiger partial charge in [-0.05, 0) is 51.7 Å². The zero-order valence-corrected chi connectivity index (χ0v) is 15.6. The quantitative estimate of drug-likeness (QED) is 0.923. The monoisotopic (exact) mass is 344 g/mol. The molecule has 6 nitrogen and oxygen atoms in total. The molecule has 1 unspecified atom stereocenters. The number of hydrogen-bond acceptors (Lipinski definition) is 4. The Kier molecular flexibility index (Phi) is 4.88. The number of carbonyl (C=O) groups excluding carboxylic acids is 1. The number of piperidine rings is 1. The van der Waals surface area contributed by atoms with Crippen LogP contribution in [-0.4, -0.2) is 53.2 Å². The van der Waals surface area contributed by atoms with E-state index in [4.69, 9.17) is 4.74 Å². The van der Waals surface area contributed by atoms with Crippen molar-refractivity contribution in [2.75, 3.05) is 31.6 Å². The van der Waals surface area contributed by atoms with Crippen LogP contribution in [-0.2, 0) is 4.74 Å². The normalized spacial score (nSPS) is 18.4. The summed E-state index contributed by atoms with van der Waals surface area (Å²) in [6, 6.07) is 8.04. The van der Waals surface area contributed by atoms with Crippen LogP contribution in [0.15, 0.2) is 24.3 Å². The van der Waals surface area contributed by atoms with Crippen LogP contribution >= 0.6 is 0 Å². The second-order valence-corrected chi connectivity index (χ2v) is 7.89. The number of ether oxygens (including phenoxy) is 1. The van der Waals surface area contributed by atoms with E-state index in [2.05, 4.69) is 14.9 Å². The van der Waals surface area contributed by atoms with E-state index >= 15 is 0 Å². The lowest BCUT2D eigenvalue weighted by molar-refractivity contribution is 0.0170. The molecular weight excluding hydrogens is 316 g/mol. The van der Waals surface area contributed by atoms with Crippen molar-refractivity contribution in [2.24, 2.45) is 5.92 Å². The first kappa shape index (κ1) is 17.6. The molecule has 25 heavy (non-hydrogen) atoms. The fraction of sp³-hybridized carbons (Fsp3) is 0.579. The van der Waals surface area contributed by atoms with E-state index in [9.17, 15) is 4.79 Å². The van der Waals surface area contributed by atoms with Crippen molar-refractivity contribution in [2.45, 2.75) is 39.2 Å². The number of nitrogens with zero attached hydrogens (tertiary/aromatic N) is 3. The average Bonchev–Trinajstić information content (AvgIpc) is 2.98. The number of fused-ring (bicyclic) bond motifs is 1. The van der Waals surface area contributed by atoms with Gasteiger partial charge in [0.25, 0.3) is 0 Å². The molecule has 1 atom stereocenters. The van der Waals surface area contributed by atoms with E-state index in [0.717, 1.165) is 49.5 Å². The first-order chi connectivity index (χ1) is 11.8. The predicted molar refractivity (Wildman–Crippen MR) is 99.9 cm³/mol. The van der Waals surface area contributed by atoms with Gasteiger partial charge >= 0.3 is 6.09 Å². The van der Waals surface area contributed by atoms with Crippen molar-refractivity contribution >= 4 is 23.1 Å². The molecule has 0 saturated carbocycles. The molecule has 6 heteroatoms. The number of anilines is 1. The number of para-hydroxylation sites is 2. The molecule has 1 aromatic carbocycles. The van der Waals surface area contributed by atoms with Gasteiger partial charge in [-0.3, -0.25) is 0 Å². The molecule has 1 aliphatic rings. The van der Waals surface area contributed by atoms with Crippen LogP contribution in [0.3, 0.4) is 0 Å². The van der Waals surface area contributed by atoms with Gasteiger partial charge in [-0.25, -0.2) is 9.78 Å². The molecule has 1 N–H and O–H groups in total. The summed E-state index contributed by atoms with van der Waals surface area (Å²) in [5.41, 5.74) is 1.57. The van der Waals surface area contributed by atoms with Crippen LogP contribution in [0.5, 0.6) is 0 Å². The molecule has 3 rings (SSSR count). The number of nitrogens with one attached hydrogen (secondary N) is 1. The van der Waals surface area contributed by atoms with Gasteiger partial charge in [-0.1, -0.05) is 12.1 Å². The Morgan fingerprint density at radius 2 is 2.16 bits per heavy atom. The first-order valence-corrected chi connectivity index (χ1v) is 8.95. The Hall–Kier alpha value is -2.24. The number of imidazole rings is 1. The van der Waals surface area contributed by atoms with Gasteiger partial charge < -0.3 is 19.5 Å². The largest absolute Gasteiger partial charge is 0.444 e. The number of aromatic amines is 1. The second-order valence-electron chi connectivity index (χ2n) is 7.89. The van der Waals surface area contributed by atoms with Gasteiger partial charge in [0.05, 0.1) is 11.0 Å². The highest BCUT2D eigenvalue weighted by Gasteiger charge is 2.28. The first-order valence-electron chi connectivity index (χ1n) is 8.95. The zero-order chi connectivity index (χ0) is 18.0. The van der Waals surface area contributed by atoms with Gasteiger partial charge in [-0.2, -0.15) is 0 Å². The fourth-order valence-corrected chi connectivity index (χ4v) is 3.30. The number of H-pyrrole nitrogens is 1. The molecule has 0 radical (unpaired) electrons. The second kappa shape index (κ2) is 6.94. The SMILES string of the molecule is CN(CC1CCCN(C(=O)OC(C)(C)C)C1)c1nc2ccccc2[nH]1. The van der Waals surface area contributed by atoms with Crippen molar-refractivity contribution in [3.63, 3.8) is 0 Å². The maximum absolute atomic E-state index is 12.3. The molecule has 1 saturated heterocycles. The summed E-state index contributed by atoms with van der Waals surface area (Å²) >= 11 is 0. The van der Waals surface area contributed by atoms with E-state index in [0.29, 0.717) is 5.92 Å². The standard InChI is InChI=1S/C19H28N4O2/c1-19(2,3)25-18(24)23-11-7-8-14(13-23)12-22(4)17-20-15-9-5-6-10-16(15)21-17/h5-6,9-10,14H,7-8,11-13H2,1-4H3,(H,20,21). The highest BCUT2D eigenvalue weighted by molar-refractivity contribution is 5.77. The Bertz CT molecular complexity index is 701. The van der Waals surface area contributed by atoms with Gasteiger partial charge in [0.2, 0.25) is 5.95 Å². The molecule has 0 aliphatic carbocycles. The number of rotatable bonds is 3. The van der Waals surface area contributed by atoms with Crippen molar-refractivity contribution in [1.82, 2.24) is 14.9 Å². The number of likely N-dealkylation sites (tertiary alicyclic amines) is 1. The lowest BCUT2D eigenvalue weighted by Gasteiger charge is -2.35. The van der Waals surface area contributed by atoms with Crippen LogP contribution < -0.4 is 4.90 Å². The molecule has 136 valence electrons. The summed E-state index contributed by atoms with van der Waals surface area (Å²) in [4.78, 5) is 24.3. The molecule has 1 aliphatic heterocycles. The fourth-order valence-electron chi connectivity index (χ4n) is 3.30. The number of carbonyl (C=O) groups is 1. The highest BCUT2D eigenvalue weighted by Crippen LogP contribution is 2.22. The van der Waals surface area contributed by atoms with E-state index in [-0.39, 0.29) is 6.09 Å². The number of aromatic nitrogens is 2. The number of amides is 1. The molecule has 2 heterocycles. The van der Waals surface area contributed by atoms with E-state index in [1.807, 2.05) is 57.0 Å². The van der Waals surface area contributed by atoms with E-state index in [1.165, 1.54) is 0 Å². The van der Waals surface area contributed by atoms with Crippen LogP contribution in [0.1, 0.15) is 33.6 Å². The van der Waals surface area contributed by atoms with Crippen molar-refractivity contribution in [3.05, 3.63) is 24.3 Å². The summed E-state index contributed by atoms with van der Waals surface area (Å²) < 4.78 is 5.51. The topological polar surface area (TPSA) is 61.5 Å². The third-order valence-electron chi connectivity index (χ3n) is 4.44. The predicted octanol–water partition coefficient (Wildman–Crippen LogP) is 3.65. The molecular formula is C19H28N4O2. The van der Waals surface area contributed by atoms with E-state index in [1.54, 1.807) is 0 Å². The Morgan fingerprint density at radius 1 is 1.40 bits per heavy atom. The summed E-state index contributed by atoms with van der Waals surface area (Å²) in [5.74, 6) is 1.29. The van der Waals surface area contributed by atoms with Gasteiger partial charge in [0.15, 0.2) is 0 Å². The maximum atomic E-state index is 12.3. The lowest BCUT2D eigenvalue weighted by atomic mass is 9.98. The minimum absolute atomic E-state index is 0.205. The third kappa shape index (κ3) is 4.44. The summed E-state index contributed by atoms with van der Waals surface area (Å²) in [7, 11) is 2.05. The third-order valence-corrected chi connectivity index (χ3v) is 4.44. The molecule has 2 aromatic rings. The molecule has 0 bridgehead atoms. The smallest absolute Gasteiger partial charge is 0.410 e. The minimum atomic E-state index is -0.449. The summed E-state index contributed by atoms with van der Waals surface area (Å²) in [6.45, 7) is 8.09. The summed E-state index contributed by atoms with van der Waals surface area (Å²) in [6.07, 6.45) is 1.92. The molecule has 1 amide bonds. The molecule has 1 fully saturated rings. The van der Waals surface area contributed by atoms with Crippen molar-refractivity contribution in [1.29, 1.82) is 0 Å². The van der Waals surface area contributed by atoms with Crippen molar-refractivity contribution < 1.29 is 9.53 Å². The van der Waals surface area contributed by atoms with E-state index < -0.39 is 5.60 Å². The van der Waals surface area contributed by atoms with Gasteiger partial charge in [0, 0.05) is 26.7 Å². The highest BCUT2D eigenvalue weighted by atomic mass is 16.6. The zero-order valence-electron chi connectivity index (χ0n) is 15.6. The average molecular weight is 344 g/mol. The Labute approximate surface area is 149 Å². The van der Waals surface area contributed by atoms with Crippen LogP contribution in [0, 0.1) is 5.92 Å². The van der Waals surface area contributed by atoms with Gasteiger partial charge in [0.1, 0.15) is 5.60 Å². The number of hydrogen-bond donors (Lipinski definition) is 1. The van der Waals surface area contributed by atoms with Crippen LogP contribution in [0.4, 0.5) is 10.7 Å². The van der Waals surface area contributed by atoms with Crippen LogP contribution in [0.2, 0.25) is 0 Å². The molecule has 0 spiro atoms. The number of benzene rings is 1. The van der Waals surface area contributed by atoms with Crippen molar-refractivity contribution in [3.8, 4) is 0 Å². The minimum Gasteiger partial charge on any atom is -0.444 e. The Balaban J connectivity index is 1.61. The van der Waals surface area contributed by atoms with Gasteiger partial charge in [-0.15, -0.1) is 0 Å². The maximum Gasteiger partial charge on any atom is 0.410 e.